The summed E-state index contributed by atoms with van der Waals surface area (Å²) in [6.45, 7) is 4.04. The van der Waals surface area contributed by atoms with Crippen LogP contribution in [0.4, 0.5) is 0 Å². The highest BCUT2D eigenvalue weighted by Gasteiger charge is 2.27. The maximum atomic E-state index is 6.28. The standard InChI is InChI=1S/C14H20ClNO/c1-2-9-16-14(13-8-5-10-17-13)11-6-3-4-7-12(11)15/h3-4,6-7,13-14,16H,2,5,8-10H2,1H3. The van der Waals surface area contributed by atoms with Crippen LogP contribution in [0.5, 0.6) is 0 Å². The van der Waals surface area contributed by atoms with E-state index in [1.54, 1.807) is 0 Å². The second-order valence-electron chi connectivity index (χ2n) is 4.50. The van der Waals surface area contributed by atoms with Gasteiger partial charge < -0.3 is 10.1 Å². The second kappa shape index (κ2) is 6.39. The van der Waals surface area contributed by atoms with Gasteiger partial charge in [0.2, 0.25) is 0 Å². The molecule has 0 spiro atoms. The lowest BCUT2D eigenvalue weighted by Crippen LogP contribution is -2.32. The Labute approximate surface area is 108 Å². The van der Waals surface area contributed by atoms with Gasteiger partial charge in [0.1, 0.15) is 0 Å². The molecule has 0 aromatic heterocycles. The predicted molar refractivity (Wildman–Crippen MR) is 71.5 cm³/mol. The molecule has 0 radical (unpaired) electrons. The minimum Gasteiger partial charge on any atom is -0.376 e. The van der Waals surface area contributed by atoms with E-state index in [1.165, 1.54) is 0 Å². The Morgan fingerprint density at radius 1 is 1.47 bits per heavy atom. The highest BCUT2D eigenvalue weighted by molar-refractivity contribution is 6.31. The van der Waals surface area contributed by atoms with Crippen molar-refractivity contribution in [2.24, 2.45) is 0 Å². The van der Waals surface area contributed by atoms with Crippen molar-refractivity contribution in [3.8, 4) is 0 Å². The highest BCUT2D eigenvalue weighted by Crippen LogP contribution is 2.31. The van der Waals surface area contributed by atoms with Gasteiger partial charge in [-0.1, -0.05) is 36.7 Å². The van der Waals surface area contributed by atoms with Gasteiger partial charge in [-0.15, -0.1) is 0 Å². The largest absolute Gasteiger partial charge is 0.376 e. The molecule has 1 aromatic rings. The second-order valence-corrected chi connectivity index (χ2v) is 4.91. The first kappa shape index (κ1) is 12.9. The molecule has 2 nitrogen and oxygen atoms in total. The molecule has 0 saturated carbocycles. The molecular formula is C14H20ClNO. The predicted octanol–water partition coefficient (Wildman–Crippen LogP) is 3.56. The van der Waals surface area contributed by atoms with E-state index in [1.807, 2.05) is 18.2 Å². The molecule has 1 heterocycles. The Kier molecular flexibility index (Phi) is 4.84. The van der Waals surface area contributed by atoms with Crippen LogP contribution >= 0.6 is 11.6 Å². The molecule has 2 atom stereocenters. The van der Waals surface area contributed by atoms with E-state index < -0.39 is 0 Å². The third kappa shape index (κ3) is 3.21. The van der Waals surface area contributed by atoms with Gasteiger partial charge in [0.15, 0.2) is 0 Å². The van der Waals surface area contributed by atoms with Crippen LogP contribution in [0, 0.1) is 0 Å². The SMILES string of the molecule is CCCNC(c1ccccc1Cl)C1CCCO1. The number of hydrogen-bond acceptors (Lipinski definition) is 2. The third-order valence-corrected chi connectivity index (χ3v) is 3.54. The Hall–Kier alpha value is -0.570. The minimum atomic E-state index is 0.228. The summed E-state index contributed by atoms with van der Waals surface area (Å²) in [5, 5.41) is 4.39. The van der Waals surface area contributed by atoms with Gasteiger partial charge in [0.25, 0.3) is 0 Å². The Morgan fingerprint density at radius 2 is 2.29 bits per heavy atom. The van der Waals surface area contributed by atoms with E-state index in [4.69, 9.17) is 16.3 Å². The molecule has 1 fully saturated rings. The number of rotatable bonds is 5. The Bertz CT molecular complexity index is 350. The summed E-state index contributed by atoms with van der Waals surface area (Å²) in [7, 11) is 0. The van der Waals surface area contributed by atoms with Crippen molar-refractivity contribution in [1.82, 2.24) is 5.32 Å². The van der Waals surface area contributed by atoms with Crippen LogP contribution in [0.15, 0.2) is 24.3 Å². The van der Waals surface area contributed by atoms with E-state index in [-0.39, 0.29) is 12.1 Å². The van der Waals surface area contributed by atoms with Crippen molar-refractivity contribution in [1.29, 1.82) is 0 Å². The van der Waals surface area contributed by atoms with E-state index in [0.29, 0.717) is 0 Å². The van der Waals surface area contributed by atoms with Crippen LogP contribution in [-0.2, 0) is 4.74 Å². The summed E-state index contributed by atoms with van der Waals surface area (Å²) >= 11 is 6.28. The normalized spacial score (nSPS) is 21.6. The van der Waals surface area contributed by atoms with Gasteiger partial charge in [-0.25, -0.2) is 0 Å². The molecule has 0 amide bonds. The third-order valence-electron chi connectivity index (χ3n) is 3.19. The number of ether oxygens (including phenoxy) is 1. The molecular weight excluding hydrogens is 234 g/mol. The number of halogens is 1. The summed E-state index contributed by atoms with van der Waals surface area (Å²) in [4.78, 5) is 0. The van der Waals surface area contributed by atoms with Crippen molar-refractivity contribution in [2.45, 2.75) is 38.3 Å². The van der Waals surface area contributed by atoms with Crippen LogP contribution in [0.3, 0.4) is 0 Å². The Balaban J connectivity index is 2.16. The van der Waals surface area contributed by atoms with Crippen molar-refractivity contribution in [2.75, 3.05) is 13.2 Å². The lowest BCUT2D eigenvalue weighted by Gasteiger charge is -2.25. The van der Waals surface area contributed by atoms with Crippen LogP contribution in [0.1, 0.15) is 37.8 Å². The number of benzene rings is 1. The lowest BCUT2D eigenvalue weighted by atomic mass is 9.99. The van der Waals surface area contributed by atoms with E-state index in [0.717, 1.165) is 43.0 Å². The fraction of sp³-hybridized carbons (Fsp3) is 0.571. The molecule has 0 aliphatic carbocycles. The Morgan fingerprint density at radius 3 is 2.94 bits per heavy atom. The van der Waals surface area contributed by atoms with Crippen molar-refractivity contribution >= 4 is 11.6 Å². The van der Waals surface area contributed by atoms with E-state index >= 15 is 0 Å². The van der Waals surface area contributed by atoms with Crippen molar-refractivity contribution < 1.29 is 4.74 Å². The van der Waals surface area contributed by atoms with Crippen molar-refractivity contribution in [3.63, 3.8) is 0 Å². The molecule has 1 aliphatic heterocycles. The maximum absolute atomic E-state index is 6.28. The topological polar surface area (TPSA) is 21.3 Å². The van der Waals surface area contributed by atoms with Gasteiger partial charge in [-0.05, 0) is 37.4 Å². The summed E-state index contributed by atoms with van der Waals surface area (Å²) in [6, 6.07) is 8.28. The minimum absolute atomic E-state index is 0.228. The van der Waals surface area contributed by atoms with E-state index in [9.17, 15) is 0 Å². The summed E-state index contributed by atoms with van der Waals surface area (Å²) < 4.78 is 5.80. The van der Waals surface area contributed by atoms with Gasteiger partial charge in [0.05, 0.1) is 12.1 Å². The molecule has 1 aliphatic rings. The highest BCUT2D eigenvalue weighted by atomic mass is 35.5. The molecule has 2 rings (SSSR count). The van der Waals surface area contributed by atoms with Gasteiger partial charge >= 0.3 is 0 Å². The van der Waals surface area contributed by atoms with Crippen LogP contribution < -0.4 is 5.32 Å². The molecule has 2 unspecified atom stereocenters. The zero-order valence-corrected chi connectivity index (χ0v) is 11.0. The average molecular weight is 254 g/mol. The molecule has 1 aromatic carbocycles. The zero-order valence-electron chi connectivity index (χ0n) is 10.3. The summed E-state index contributed by atoms with van der Waals surface area (Å²) in [6.07, 6.45) is 3.65. The molecule has 94 valence electrons. The summed E-state index contributed by atoms with van der Waals surface area (Å²) in [5.41, 5.74) is 1.16. The van der Waals surface area contributed by atoms with Gasteiger partial charge in [-0.3, -0.25) is 0 Å². The average Bonchev–Trinajstić information content (AvgIpc) is 2.85. The zero-order chi connectivity index (χ0) is 12.1. The van der Waals surface area contributed by atoms with Gasteiger partial charge in [0, 0.05) is 11.6 Å². The fourth-order valence-electron chi connectivity index (χ4n) is 2.33. The van der Waals surface area contributed by atoms with Crippen LogP contribution in [0.25, 0.3) is 0 Å². The smallest absolute Gasteiger partial charge is 0.0771 e. The molecule has 17 heavy (non-hydrogen) atoms. The number of nitrogens with one attached hydrogen (secondary N) is 1. The molecule has 1 N–H and O–H groups in total. The van der Waals surface area contributed by atoms with E-state index in [2.05, 4.69) is 18.3 Å². The molecule has 0 bridgehead atoms. The first-order valence-electron chi connectivity index (χ1n) is 6.42. The monoisotopic (exact) mass is 253 g/mol. The quantitative estimate of drug-likeness (QED) is 0.866. The first-order chi connectivity index (χ1) is 8.33. The van der Waals surface area contributed by atoms with Gasteiger partial charge in [-0.2, -0.15) is 0 Å². The van der Waals surface area contributed by atoms with Crippen LogP contribution in [-0.4, -0.2) is 19.3 Å². The number of hydrogen-bond donors (Lipinski definition) is 1. The van der Waals surface area contributed by atoms with Crippen molar-refractivity contribution in [3.05, 3.63) is 34.9 Å². The molecule has 3 heteroatoms. The lowest BCUT2D eigenvalue weighted by molar-refractivity contribution is 0.0783. The maximum Gasteiger partial charge on any atom is 0.0771 e. The fourth-order valence-corrected chi connectivity index (χ4v) is 2.59. The summed E-state index contributed by atoms with van der Waals surface area (Å²) in [5.74, 6) is 0. The first-order valence-corrected chi connectivity index (χ1v) is 6.80. The molecule has 1 saturated heterocycles. The van der Waals surface area contributed by atoms with Crippen LogP contribution in [0.2, 0.25) is 5.02 Å².